The van der Waals surface area contributed by atoms with Crippen molar-refractivity contribution in [1.82, 2.24) is 0 Å². The van der Waals surface area contributed by atoms with Gasteiger partial charge in [-0.1, -0.05) is 6.92 Å². The number of nitrogen functional groups attached to an aromatic ring is 1. The van der Waals surface area contributed by atoms with Gasteiger partial charge in [0.25, 0.3) is 0 Å². The molecular formula is C18H18N2O4. The van der Waals surface area contributed by atoms with Crippen LogP contribution in [0.4, 0.5) is 11.4 Å². The fourth-order valence-corrected chi connectivity index (χ4v) is 2.88. The number of rotatable bonds is 3. The van der Waals surface area contributed by atoms with E-state index in [1.54, 1.807) is 6.07 Å². The van der Waals surface area contributed by atoms with Crippen LogP contribution in [-0.2, 0) is 0 Å². The first-order chi connectivity index (χ1) is 11.4. The van der Waals surface area contributed by atoms with Gasteiger partial charge in [0, 0.05) is 17.4 Å². The summed E-state index contributed by atoms with van der Waals surface area (Å²) in [6.07, 6.45) is 0.812. The molecule has 2 aromatic rings. The Morgan fingerprint density at radius 3 is 2.12 bits per heavy atom. The van der Waals surface area contributed by atoms with Gasteiger partial charge >= 0.3 is 0 Å². The highest BCUT2D eigenvalue weighted by molar-refractivity contribution is 6.33. The zero-order chi connectivity index (χ0) is 17.6. The van der Waals surface area contributed by atoms with E-state index in [4.69, 9.17) is 5.73 Å². The van der Waals surface area contributed by atoms with Gasteiger partial charge in [-0.25, -0.2) is 0 Å². The number of hydrogen-bond acceptors (Lipinski definition) is 6. The first-order valence-corrected chi connectivity index (χ1v) is 7.70. The lowest BCUT2D eigenvalue weighted by Crippen LogP contribution is -2.25. The van der Waals surface area contributed by atoms with Gasteiger partial charge in [0.15, 0.2) is 0 Å². The molecule has 0 bridgehead atoms. The van der Waals surface area contributed by atoms with Crippen molar-refractivity contribution in [2.24, 2.45) is 0 Å². The molecular weight excluding hydrogens is 308 g/mol. The van der Waals surface area contributed by atoms with Crippen LogP contribution in [-0.4, -0.2) is 27.8 Å². The minimum Gasteiger partial charge on any atom is -0.507 e. The minimum atomic E-state index is -0.571. The van der Waals surface area contributed by atoms with E-state index in [-0.39, 0.29) is 45.5 Å². The van der Waals surface area contributed by atoms with Crippen LogP contribution in [0.2, 0.25) is 0 Å². The summed E-state index contributed by atoms with van der Waals surface area (Å²) in [5.74, 6) is -1.70. The van der Waals surface area contributed by atoms with Crippen molar-refractivity contribution in [2.75, 3.05) is 11.1 Å². The predicted octanol–water partition coefficient (Wildman–Crippen LogP) is 2.67. The van der Waals surface area contributed by atoms with Crippen molar-refractivity contribution in [3.63, 3.8) is 0 Å². The van der Waals surface area contributed by atoms with Gasteiger partial charge in [-0.15, -0.1) is 0 Å². The normalized spacial score (nSPS) is 14.1. The maximum atomic E-state index is 13.0. The number of nitrogens with one attached hydrogen (secondary N) is 1. The van der Waals surface area contributed by atoms with Crippen molar-refractivity contribution >= 4 is 22.9 Å². The van der Waals surface area contributed by atoms with E-state index in [0.717, 1.165) is 6.42 Å². The average molecular weight is 326 g/mol. The van der Waals surface area contributed by atoms with E-state index >= 15 is 0 Å². The number of hydrogen-bond donors (Lipinski definition) is 4. The minimum absolute atomic E-state index is 0.0636. The summed E-state index contributed by atoms with van der Waals surface area (Å²) in [4.78, 5) is 25.8. The van der Waals surface area contributed by atoms with Gasteiger partial charge in [-0.2, -0.15) is 0 Å². The molecule has 0 aromatic heterocycles. The third-order valence-corrected chi connectivity index (χ3v) is 4.32. The van der Waals surface area contributed by atoms with E-state index in [1.807, 2.05) is 13.8 Å². The van der Waals surface area contributed by atoms with E-state index in [9.17, 15) is 19.8 Å². The molecule has 124 valence electrons. The molecule has 0 saturated carbocycles. The molecule has 6 heteroatoms. The molecule has 1 aliphatic carbocycles. The summed E-state index contributed by atoms with van der Waals surface area (Å²) in [5, 5.41) is 23.4. The molecule has 0 spiro atoms. The predicted molar refractivity (Wildman–Crippen MR) is 90.9 cm³/mol. The second kappa shape index (κ2) is 5.56. The average Bonchev–Trinajstić information content (AvgIpc) is 2.55. The first kappa shape index (κ1) is 15.9. The smallest absolute Gasteiger partial charge is 0.200 e. The lowest BCUT2D eigenvalue weighted by atomic mass is 9.81. The van der Waals surface area contributed by atoms with Crippen molar-refractivity contribution in [3.05, 3.63) is 46.5 Å². The van der Waals surface area contributed by atoms with Crippen LogP contribution in [0.25, 0.3) is 0 Å². The van der Waals surface area contributed by atoms with Gasteiger partial charge in [0.05, 0.1) is 22.3 Å². The zero-order valence-corrected chi connectivity index (χ0v) is 13.4. The Morgan fingerprint density at radius 2 is 1.50 bits per heavy atom. The molecule has 5 N–H and O–H groups in total. The molecule has 3 rings (SSSR count). The van der Waals surface area contributed by atoms with Crippen LogP contribution in [0, 0.1) is 0 Å². The second-order valence-electron chi connectivity index (χ2n) is 5.92. The third kappa shape index (κ3) is 2.19. The molecule has 0 amide bonds. The molecule has 1 atom stereocenters. The Kier molecular flexibility index (Phi) is 3.67. The fraction of sp³-hybridized carbons (Fsp3) is 0.222. The first-order valence-electron chi connectivity index (χ1n) is 7.70. The number of nitrogens with two attached hydrogens (primary N) is 1. The molecule has 0 fully saturated rings. The lowest BCUT2D eigenvalue weighted by Gasteiger charge is -2.24. The number of phenolic OH excluding ortho intramolecular Hbond substituents is 2. The lowest BCUT2D eigenvalue weighted by molar-refractivity contribution is 0.0975. The monoisotopic (exact) mass is 326 g/mol. The Hall–Kier alpha value is -3.02. The van der Waals surface area contributed by atoms with Crippen LogP contribution in [0.5, 0.6) is 11.5 Å². The molecule has 0 saturated heterocycles. The third-order valence-electron chi connectivity index (χ3n) is 4.32. The SMILES string of the molecule is CCC(C)Nc1ccc(O)c2c1C(=O)c1c(O)ccc(N)c1C2=O. The molecule has 6 nitrogen and oxygen atoms in total. The van der Waals surface area contributed by atoms with E-state index in [1.165, 1.54) is 18.2 Å². The van der Waals surface area contributed by atoms with Gasteiger partial charge in [-0.3, -0.25) is 9.59 Å². The molecule has 0 radical (unpaired) electrons. The number of fused-ring (bicyclic) bond motifs is 2. The summed E-state index contributed by atoms with van der Waals surface area (Å²) in [5.41, 5.74) is 6.16. The van der Waals surface area contributed by atoms with E-state index in [0.29, 0.717) is 5.69 Å². The van der Waals surface area contributed by atoms with Crippen LogP contribution >= 0.6 is 0 Å². The number of carbonyl (C=O) groups excluding carboxylic acids is 2. The Morgan fingerprint density at radius 1 is 0.958 bits per heavy atom. The summed E-state index contributed by atoms with van der Waals surface area (Å²) >= 11 is 0. The fourth-order valence-electron chi connectivity index (χ4n) is 2.88. The van der Waals surface area contributed by atoms with Crippen LogP contribution in [0.3, 0.4) is 0 Å². The molecule has 1 aliphatic rings. The standard InChI is InChI=1S/C18H18N2O4/c1-3-8(2)20-10-5-7-12(22)16-14(10)18(24)15-11(21)6-4-9(19)13(15)17(16)23/h4-8,20-22H,3,19H2,1-2H3. The topological polar surface area (TPSA) is 113 Å². The molecule has 24 heavy (non-hydrogen) atoms. The van der Waals surface area contributed by atoms with Gasteiger partial charge in [0.1, 0.15) is 11.5 Å². The number of phenols is 2. The highest BCUT2D eigenvalue weighted by Gasteiger charge is 2.37. The largest absolute Gasteiger partial charge is 0.507 e. The van der Waals surface area contributed by atoms with Crippen molar-refractivity contribution in [3.8, 4) is 11.5 Å². The van der Waals surface area contributed by atoms with E-state index in [2.05, 4.69) is 5.32 Å². The van der Waals surface area contributed by atoms with Crippen molar-refractivity contribution < 1.29 is 19.8 Å². The summed E-state index contributed by atoms with van der Waals surface area (Å²) in [7, 11) is 0. The summed E-state index contributed by atoms with van der Waals surface area (Å²) in [6, 6.07) is 5.65. The zero-order valence-electron chi connectivity index (χ0n) is 13.4. The second-order valence-corrected chi connectivity index (χ2v) is 5.92. The molecule has 0 heterocycles. The van der Waals surface area contributed by atoms with E-state index < -0.39 is 11.6 Å². The van der Waals surface area contributed by atoms with Gasteiger partial charge in [-0.05, 0) is 37.6 Å². The summed E-state index contributed by atoms with van der Waals surface area (Å²) in [6.45, 7) is 3.93. The van der Waals surface area contributed by atoms with Crippen LogP contribution in [0.1, 0.15) is 52.1 Å². The van der Waals surface area contributed by atoms with Gasteiger partial charge in [0.2, 0.25) is 11.6 Å². The molecule has 2 aromatic carbocycles. The highest BCUT2D eigenvalue weighted by atomic mass is 16.3. The Labute approximate surface area is 138 Å². The number of ketones is 2. The maximum Gasteiger partial charge on any atom is 0.200 e. The maximum absolute atomic E-state index is 13.0. The Balaban J connectivity index is 2.30. The number of anilines is 2. The van der Waals surface area contributed by atoms with Crippen molar-refractivity contribution in [2.45, 2.75) is 26.3 Å². The Bertz CT molecular complexity index is 874. The number of benzene rings is 2. The molecule has 1 unspecified atom stereocenters. The number of carbonyl (C=O) groups is 2. The van der Waals surface area contributed by atoms with Crippen molar-refractivity contribution in [1.29, 1.82) is 0 Å². The number of aromatic hydroxyl groups is 2. The van der Waals surface area contributed by atoms with Gasteiger partial charge < -0.3 is 21.3 Å². The van der Waals surface area contributed by atoms with Crippen LogP contribution in [0.15, 0.2) is 24.3 Å². The summed E-state index contributed by atoms with van der Waals surface area (Å²) < 4.78 is 0. The highest BCUT2D eigenvalue weighted by Crippen LogP contribution is 2.41. The van der Waals surface area contributed by atoms with Crippen LogP contribution < -0.4 is 11.1 Å². The quantitative estimate of drug-likeness (QED) is 0.435. The molecule has 0 aliphatic heterocycles.